The molecule has 0 saturated heterocycles. The maximum absolute atomic E-state index is 3.72. The van der Waals surface area contributed by atoms with Gasteiger partial charge < -0.3 is 0 Å². The van der Waals surface area contributed by atoms with E-state index in [1.165, 1.54) is 0 Å². The SMILES string of the molecule is [CH2]c1ccccc1.[KH].[KH]. The molecular weight excluding hydrogens is 162 g/mol. The molecule has 0 nitrogen and oxygen atoms in total. The zero-order valence-corrected chi connectivity index (χ0v) is 4.09. The van der Waals surface area contributed by atoms with Crippen LogP contribution in [0.1, 0.15) is 5.56 Å². The van der Waals surface area contributed by atoms with Crippen molar-refractivity contribution in [2.24, 2.45) is 0 Å². The summed E-state index contributed by atoms with van der Waals surface area (Å²) in [6.07, 6.45) is 0. The number of rotatable bonds is 0. The van der Waals surface area contributed by atoms with Gasteiger partial charge in [-0.15, -0.1) is 0 Å². The third-order valence-electron chi connectivity index (χ3n) is 0.843. The molecule has 1 aromatic rings. The van der Waals surface area contributed by atoms with Crippen LogP contribution in [0.15, 0.2) is 30.3 Å². The summed E-state index contributed by atoms with van der Waals surface area (Å²) >= 11 is 0. The standard InChI is InChI=1S/C7H7.2K.2H/c1-7-5-3-2-4-6-7;;;;/h2-6H,1H2;;;;. The van der Waals surface area contributed by atoms with Gasteiger partial charge in [-0.25, -0.2) is 0 Å². The average Bonchev–Trinajstić information content (AvgIpc) is 1.69. The summed E-state index contributed by atoms with van der Waals surface area (Å²) in [4.78, 5) is 0. The van der Waals surface area contributed by atoms with Crippen LogP contribution in [0.2, 0.25) is 0 Å². The molecule has 0 amide bonds. The van der Waals surface area contributed by atoms with Crippen molar-refractivity contribution >= 4 is 103 Å². The topological polar surface area (TPSA) is 0 Å². The van der Waals surface area contributed by atoms with E-state index in [2.05, 4.69) is 6.92 Å². The van der Waals surface area contributed by atoms with Crippen molar-refractivity contribution in [3.05, 3.63) is 42.8 Å². The molecule has 0 aliphatic rings. The van der Waals surface area contributed by atoms with Gasteiger partial charge in [0.1, 0.15) is 0 Å². The van der Waals surface area contributed by atoms with Crippen LogP contribution in [0.3, 0.4) is 0 Å². The molecule has 9 heavy (non-hydrogen) atoms. The Hall–Kier alpha value is 2.49. The summed E-state index contributed by atoms with van der Waals surface area (Å²) in [7, 11) is 0. The number of benzene rings is 1. The third kappa shape index (κ3) is 6.87. The van der Waals surface area contributed by atoms with Gasteiger partial charge in [0, 0.05) is 0 Å². The molecule has 0 aromatic heterocycles. The number of hydrogen-bond acceptors (Lipinski definition) is 0. The van der Waals surface area contributed by atoms with Gasteiger partial charge in [-0.2, -0.15) is 0 Å². The Morgan fingerprint density at radius 1 is 0.889 bits per heavy atom. The van der Waals surface area contributed by atoms with Crippen LogP contribution < -0.4 is 0 Å². The third-order valence-corrected chi connectivity index (χ3v) is 0.843. The molecule has 0 heterocycles. The second-order valence-electron chi connectivity index (χ2n) is 1.49. The van der Waals surface area contributed by atoms with Crippen molar-refractivity contribution in [1.29, 1.82) is 0 Å². The molecule has 1 radical (unpaired) electrons. The summed E-state index contributed by atoms with van der Waals surface area (Å²) in [6, 6.07) is 9.87. The zero-order chi connectivity index (χ0) is 5.11. The predicted octanol–water partition coefficient (Wildman–Crippen LogP) is 0.572. The monoisotopic (exact) mass is 171 g/mol. The van der Waals surface area contributed by atoms with E-state index < -0.39 is 0 Å². The fourth-order valence-corrected chi connectivity index (χ4v) is 0.478. The molecule has 2 heteroatoms. The van der Waals surface area contributed by atoms with E-state index in [1.807, 2.05) is 30.3 Å². The summed E-state index contributed by atoms with van der Waals surface area (Å²) in [5, 5.41) is 0. The molecule has 0 unspecified atom stereocenters. The Bertz CT molecular complexity index is 137. The quantitative estimate of drug-likeness (QED) is 0.501. The van der Waals surface area contributed by atoms with E-state index >= 15 is 0 Å². The summed E-state index contributed by atoms with van der Waals surface area (Å²) < 4.78 is 0. The van der Waals surface area contributed by atoms with E-state index in [9.17, 15) is 0 Å². The molecule has 0 bridgehead atoms. The average molecular weight is 171 g/mol. The molecule has 0 saturated carbocycles. The Labute approximate surface area is 142 Å². The van der Waals surface area contributed by atoms with Crippen LogP contribution in [0.4, 0.5) is 0 Å². The van der Waals surface area contributed by atoms with Crippen LogP contribution >= 0.6 is 0 Å². The fraction of sp³-hybridized carbons (Fsp3) is 0. The summed E-state index contributed by atoms with van der Waals surface area (Å²) in [5.74, 6) is 0. The Balaban J connectivity index is 0. The first kappa shape index (κ1) is 14.0. The Morgan fingerprint density at radius 2 is 1.33 bits per heavy atom. The van der Waals surface area contributed by atoms with E-state index in [1.54, 1.807) is 0 Å². The molecule has 0 fully saturated rings. The molecule has 0 spiro atoms. The maximum atomic E-state index is 3.72. The first-order valence-electron chi connectivity index (χ1n) is 2.26. The zero-order valence-electron chi connectivity index (χ0n) is 4.09. The normalized spacial score (nSPS) is 6.78. The van der Waals surface area contributed by atoms with Gasteiger partial charge in [0.2, 0.25) is 0 Å². The van der Waals surface area contributed by atoms with Crippen molar-refractivity contribution in [3.8, 4) is 0 Å². The molecule has 1 aromatic carbocycles. The molecular formula is C7H9K2. The van der Waals surface area contributed by atoms with Crippen LogP contribution in [-0.2, 0) is 0 Å². The van der Waals surface area contributed by atoms with E-state index in [0.717, 1.165) is 5.56 Å². The second kappa shape index (κ2) is 8.59. The molecule has 0 aliphatic heterocycles. The van der Waals surface area contributed by atoms with E-state index in [-0.39, 0.29) is 103 Å². The van der Waals surface area contributed by atoms with E-state index in [0.29, 0.717) is 0 Å². The van der Waals surface area contributed by atoms with Gasteiger partial charge in [0.05, 0.1) is 0 Å². The fourth-order valence-electron chi connectivity index (χ4n) is 0.478. The number of hydrogen-bond donors (Lipinski definition) is 0. The van der Waals surface area contributed by atoms with Gasteiger partial charge in [0.25, 0.3) is 0 Å². The van der Waals surface area contributed by atoms with Crippen LogP contribution in [0, 0.1) is 6.92 Å². The minimum atomic E-state index is 0. The summed E-state index contributed by atoms with van der Waals surface area (Å²) in [6.45, 7) is 3.72. The van der Waals surface area contributed by atoms with Gasteiger partial charge >= 0.3 is 103 Å². The van der Waals surface area contributed by atoms with Gasteiger partial charge in [0.15, 0.2) is 0 Å². The first-order chi connectivity index (χ1) is 3.39. The van der Waals surface area contributed by atoms with E-state index in [4.69, 9.17) is 0 Å². The van der Waals surface area contributed by atoms with Crippen molar-refractivity contribution in [3.63, 3.8) is 0 Å². The Morgan fingerprint density at radius 3 is 1.56 bits per heavy atom. The first-order valence-corrected chi connectivity index (χ1v) is 2.26. The molecule has 39 valence electrons. The minimum absolute atomic E-state index is 0. The van der Waals surface area contributed by atoms with Gasteiger partial charge in [-0.3, -0.25) is 0 Å². The second-order valence-corrected chi connectivity index (χ2v) is 1.49. The van der Waals surface area contributed by atoms with Crippen molar-refractivity contribution in [2.75, 3.05) is 0 Å². The van der Waals surface area contributed by atoms with Crippen molar-refractivity contribution in [1.82, 2.24) is 0 Å². The summed E-state index contributed by atoms with van der Waals surface area (Å²) in [5.41, 5.74) is 1.07. The molecule has 0 atom stereocenters. The molecule has 0 aliphatic carbocycles. The van der Waals surface area contributed by atoms with Crippen molar-refractivity contribution < 1.29 is 0 Å². The van der Waals surface area contributed by atoms with Gasteiger partial charge in [-0.1, -0.05) is 30.3 Å². The van der Waals surface area contributed by atoms with Crippen molar-refractivity contribution in [2.45, 2.75) is 0 Å². The predicted molar refractivity (Wildman–Crippen MR) is 45.2 cm³/mol. The van der Waals surface area contributed by atoms with Gasteiger partial charge in [-0.05, 0) is 12.5 Å². The van der Waals surface area contributed by atoms with Crippen LogP contribution in [0.25, 0.3) is 0 Å². The van der Waals surface area contributed by atoms with Crippen LogP contribution in [-0.4, -0.2) is 103 Å². The molecule has 1 rings (SSSR count). The molecule has 0 N–H and O–H groups in total. The Kier molecular flexibility index (Phi) is 13.4. The van der Waals surface area contributed by atoms with Crippen LogP contribution in [0.5, 0.6) is 0 Å².